The minimum Gasteiger partial charge on any atom is -0.508 e. The van der Waals surface area contributed by atoms with Crippen molar-refractivity contribution in [1.29, 1.82) is 0 Å². The third-order valence-electron chi connectivity index (χ3n) is 7.75. The molecule has 1 fully saturated rings. The molecule has 9 heteroatoms. The first kappa shape index (κ1) is 23.7. The molecule has 0 aromatic heterocycles. The number of carboxylic acid groups (broad SMARTS) is 1. The number of aliphatic carboxylic acids is 1. The number of allylic oxidation sites excluding steroid dienone is 6. The first-order chi connectivity index (χ1) is 17.1. The van der Waals surface area contributed by atoms with E-state index in [1.807, 2.05) is 6.08 Å². The van der Waals surface area contributed by atoms with E-state index in [9.17, 15) is 29.1 Å². The molecule has 2 N–H and O–H groups in total. The Morgan fingerprint density at radius 2 is 1.89 bits per heavy atom. The summed E-state index contributed by atoms with van der Waals surface area (Å²) in [6.07, 6.45) is 3.15. The lowest BCUT2D eigenvalue weighted by atomic mass is 9.59. The van der Waals surface area contributed by atoms with Crippen molar-refractivity contribution in [3.63, 3.8) is 0 Å². The molecule has 1 aromatic rings. The number of likely N-dealkylation sites (tertiary alicyclic amines) is 1. The average Bonchev–Trinajstić information content (AvgIpc) is 3.09. The van der Waals surface area contributed by atoms with Crippen molar-refractivity contribution in [2.45, 2.75) is 32.1 Å². The molecule has 1 aliphatic heterocycles. The molecule has 186 valence electrons. The number of phenols is 1. The second-order valence-corrected chi connectivity index (χ2v) is 9.63. The number of carbonyl (C=O) groups excluding carboxylic acids is 4. The van der Waals surface area contributed by atoms with Crippen molar-refractivity contribution >= 4 is 29.4 Å². The highest BCUT2D eigenvalue weighted by Crippen LogP contribution is 2.56. The molecular formula is C27H25NO8. The summed E-state index contributed by atoms with van der Waals surface area (Å²) in [7, 11) is 1.48. The molecule has 9 nitrogen and oxygen atoms in total. The summed E-state index contributed by atoms with van der Waals surface area (Å²) in [6.45, 7) is 1.35. The predicted molar refractivity (Wildman–Crippen MR) is 125 cm³/mol. The average molecular weight is 491 g/mol. The van der Waals surface area contributed by atoms with Crippen molar-refractivity contribution in [2.24, 2.45) is 17.8 Å². The van der Waals surface area contributed by atoms with Gasteiger partial charge in [0.15, 0.2) is 11.6 Å². The lowest BCUT2D eigenvalue weighted by molar-refractivity contribution is -0.142. The van der Waals surface area contributed by atoms with E-state index in [1.54, 1.807) is 19.1 Å². The molecule has 1 heterocycles. The van der Waals surface area contributed by atoms with Crippen LogP contribution in [0.3, 0.4) is 0 Å². The van der Waals surface area contributed by atoms with Gasteiger partial charge in [0.2, 0.25) is 11.8 Å². The first-order valence-electron chi connectivity index (χ1n) is 11.8. The van der Waals surface area contributed by atoms with Crippen LogP contribution in [-0.4, -0.2) is 58.1 Å². The standard InChI is InChI=1S/C27H25NO8/c1-12-9-20(30)24-18(25(12)33)11-16-14(22(24)17-10-13(36-2)3-6-19(17)29)4-5-15-23(16)27(35)28(26(15)34)8-7-21(31)32/h3-4,6,9-10,15-16,22-23,29H,5,7-8,11H2,1-2H3,(H,31,32). The molecule has 0 radical (unpaired) electrons. The van der Waals surface area contributed by atoms with Crippen molar-refractivity contribution in [2.75, 3.05) is 13.7 Å². The Bertz CT molecular complexity index is 1330. The minimum atomic E-state index is -1.11. The number of hydrogen-bond donors (Lipinski definition) is 2. The van der Waals surface area contributed by atoms with Crippen LogP contribution in [0.25, 0.3) is 0 Å². The zero-order valence-electron chi connectivity index (χ0n) is 19.8. The van der Waals surface area contributed by atoms with Crippen molar-refractivity contribution in [3.05, 3.63) is 58.2 Å². The Balaban J connectivity index is 1.65. The van der Waals surface area contributed by atoms with Gasteiger partial charge in [0.05, 0.1) is 25.4 Å². The summed E-state index contributed by atoms with van der Waals surface area (Å²) < 4.78 is 5.33. The van der Waals surface area contributed by atoms with E-state index in [-0.39, 0.29) is 48.7 Å². The maximum atomic E-state index is 13.4. The lowest BCUT2D eigenvalue weighted by Gasteiger charge is -2.42. The van der Waals surface area contributed by atoms with Crippen LogP contribution in [-0.2, 0) is 24.0 Å². The summed E-state index contributed by atoms with van der Waals surface area (Å²) in [6, 6.07) is 4.65. The summed E-state index contributed by atoms with van der Waals surface area (Å²) in [5, 5.41) is 19.9. The summed E-state index contributed by atoms with van der Waals surface area (Å²) >= 11 is 0. The Hall–Kier alpha value is -4.01. The van der Waals surface area contributed by atoms with Crippen molar-refractivity contribution < 1.29 is 38.9 Å². The second-order valence-electron chi connectivity index (χ2n) is 9.63. The number of imide groups is 1. The van der Waals surface area contributed by atoms with E-state index in [4.69, 9.17) is 9.84 Å². The highest BCUT2D eigenvalue weighted by atomic mass is 16.5. The number of rotatable bonds is 5. The zero-order valence-corrected chi connectivity index (χ0v) is 19.8. The molecule has 1 aromatic carbocycles. The summed E-state index contributed by atoms with van der Waals surface area (Å²) in [5.41, 5.74) is 1.94. The van der Waals surface area contributed by atoms with Gasteiger partial charge in [-0.15, -0.1) is 0 Å². The number of benzene rings is 1. The molecule has 1 saturated heterocycles. The number of ketones is 2. The van der Waals surface area contributed by atoms with E-state index in [2.05, 4.69) is 0 Å². The van der Waals surface area contributed by atoms with Gasteiger partial charge in [0.25, 0.3) is 0 Å². The Kier molecular flexibility index (Phi) is 5.65. The normalized spacial score (nSPS) is 27.3. The Labute approximate surface area is 206 Å². The van der Waals surface area contributed by atoms with Gasteiger partial charge in [0, 0.05) is 34.7 Å². The second kappa shape index (κ2) is 8.58. The number of phenolic OH excluding ortho intramolecular Hbond substituents is 1. The van der Waals surface area contributed by atoms with Gasteiger partial charge in [-0.05, 0) is 50.0 Å². The van der Waals surface area contributed by atoms with Gasteiger partial charge in [0.1, 0.15) is 11.5 Å². The van der Waals surface area contributed by atoms with E-state index in [0.29, 0.717) is 28.0 Å². The highest BCUT2D eigenvalue weighted by molar-refractivity contribution is 6.23. The van der Waals surface area contributed by atoms with Crippen molar-refractivity contribution in [1.82, 2.24) is 4.90 Å². The van der Waals surface area contributed by atoms with Crippen LogP contribution in [0.1, 0.15) is 37.7 Å². The molecule has 0 spiro atoms. The van der Waals surface area contributed by atoms with E-state index >= 15 is 0 Å². The Morgan fingerprint density at radius 3 is 2.58 bits per heavy atom. The Morgan fingerprint density at radius 1 is 1.14 bits per heavy atom. The quantitative estimate of drug-likeness (QED) is 0.364. The largest absolute Gasteiger partial charge is 0.508 e. The summed E-state index contributed by atoms with van der Waals surface area (Å²) in [4.78, 5) is 65.1. The van der Waals surface area contributed by atoms with Crippen LogP contribution < -0.4 is 4.74 Å². The fraction of sp³-hybridized carbons (Fsp3) is 0.370. The highest BCUT2D eigenvalue weighted by Gasteiger charge is 2.56. The monoisotopic (exact) mass is 491 g/mol. The number of amides is 2. The van der Waals surface area contributed by atoms with Gasteiger partial charge in [-0.1, -0.05) is 11.6 Å². The fourth-order valence-electron chi connectivity index (χ4n) is 6.12. The van der Waals surface area contributed by atoms with Gasteiger partial charge >= 0.3 is 5.97 Å². The van der Waals surface area contributed by atoms with E-state index in [1.165, 1.54) is 19.3 Å². The van der Waals surface area contributed by atoms with Crippen LogP contribution in [0.4, 0.5) is 0 Å². The number of aromatic hydroxyl groups is 1. The molecule has 0 saturated carbocycles. The lowest BCUT2D eigenvalue weighted by Crippen LogP contribution is -2.40. The number of ether oxygens (including phenoxy) is 1. The first-order valence-corrected chi connectivity index (χ1v) is 11.8. The topological polar surface area (TPSA) is 138 Å². The van der Waals surface area contributed by atoms with Crippen LogP contribution in [0, 0.1) is 17.8 Å². The molecule has 4 aliphatic rings. The number of hydrogen-bond acceptors (Lipinski definition) is 7. The number of carboxylic acids is 1. The van der Waals surface area contributed by atoms with Gasteiger partial charge < -0.3 is 14.9 Å². The number of nitrogens with zero attached hydrogens (tertiary/aromatic N) is 1. The molecule has 4 atom stereocenters. The van der Waals surface area contributed by atoms with Crippen LogP contribution in [0.15, 0.2) is 52.6 Å². The van der Waals surface area contributed by atoms with Crippen molar-refractivity contribution in [3.8, 4) is 11.5 Å². The zero-order chi connectivity index (χ0) is 25.9. The molecular weight excluding hydrogens is 466 g/mol. The number of methoxy groups -OCH3 is 1. The smallest absolute Gasteiger partial charge is 0.305 e. The summed E-state index contributed by atoms with van der Waals surface area (Å²) in [5.74, 6) is -5.00. The third kappa shape index (κ3) is 3.49. The maximum absolute atomic E-state index is 13.4. The molecule has 0 bridgehead atoms. The van der Waals surface area contributed by atoms with Crippen LogP contribution >= 0.6 is 0 Å². The SMILES string of the molecule is COc1ccc(O)c(C2C3=CCC4C(=O)N(CCC(=O)O)C(=O)C4C3CC3=C2C(=O)C=C(C)C3=O)c1. The molecule has 36 heavy (non-hydrogen) atoms. The third-order valence-corrected chi connectivity index (χ3v) is 7.75. The number of Topliss-reactive ketones (excluding diaryl/α,β-unsaturated/α-hetero) is 1. The predicted octanol–water partition coefficient (Wildman–Crippen LogP) is 2.31. The van der Waals surface area contributed by atoms with Gasteiger partial charge in [-0.3, -0.25) is 28.9 Å². The van der Waals surface area contributed by atoms with E-state index in [0.717, 1.165) is 4.90 Å². The van der Waals surface area contributed by atoms with E-state index < -0.39 is 41.5 Å². The number of fused-ring (bicyclic) bond motifs is 3. The van der Waals surface area contributed by atoms with Crippen LogP contribution in [0.5, 0.6) is 11.5 Å². The molecule has 4 unspecified atom stereocenters. The van der Waals surface area contributed by atoms with Gasteiger partial charge in [-0.2, -0.15) is 0 Å². The maximum Gasteiger partial charge on any atom is 0.305 e. The van der Waals surface area contributed by atoms with Gasteiger partial charge in [-0.25, -0.2) is 0 Å². The van der Waals surface area contributed by atoms with Crippen LogP contribution in [0.2, 0.25) is 0 Å². The molecule has 2 amide bonds. The molecule has 5 rings (SSSR count). The minimum absolute atomic E-state index is 0.0836. The fourth-order valence-corrected chi connectivity index (χ4v) is 6.12. The number of carbonyl (C=O) groups is 5. The molecule has 3 aliphatic carbocycles.